The lowest BCUT2D eigenvalue weighted by atomic mass is 10.1. The van der Waals surface area contributed by atoms with Crippen LogP contribution < -0.4 is 10.6 Å². The first-order chi connectivity index (χ1) is 9.36. The zero-order valence-corrected chi connectivity index (χ0v) is 11.2. The van der Waals surface area contributed by atoms with Gasteiger partial charge in [0.1, 0.15) is 0 Å². The molecule has 0 radical (unpaired) electrons. The fourth-order valence-electron chi connectivity index (χ4n) is 1.83. The van der Waals surface area contributed by atoms with Gasteiger partial charge in [-0.3, -0.25) is 4.79 Å². The number of hydrogen-bond acceptors (Lipinski definition) is 2. The molecule has 1 aromatic carbocycles. The summed E-state index contributed by atoms with van der Waals surface area (Å²) in [6, 6.07) is 3.86. The molecule has 1 fully saturated rings. The molecule has 0 atom stereocenters. The van der Waals surface area contributed by atoms with Crippen LogP contribution in [0.2, 0.25) is 0 Å². The summed E-state index contributed by atoms with van der Waals surface area (Å²) in [5.41, 5.74) is 0.452. The van der Waals surface area contributed by atoms with E-state index in [1.54, 1.807) is 6.92 Å². The Kier molecular flexibility index (Phi) is 4.20. The summed E-state index contributed by atoms with van der Waals surface area (Å²) < 4.78 is 37.8. The van der Waals surface area contributed by atoms with E-state index in [0.29, 0.717) is 18.3 Å². The molecule has 2 N–H and O–H groups in total. The molecule has 1 saturated carbocycles. The van der Waals surface area contributed by atoms with E-state index in [4.69, 9.17) is 0 Å². The predicted octanol–water partition coefficient (Wildman–Crippen LogP) is 3.09. The first-order valence-electron chi connectivity index (χ1n) is 6.57. The Morgan fingerprint density at radius 1 is 1.35 bits per heavy atom. The molecule has 6 heteroatoms. The highest BCUT2D eigenvalue weighted by Crippen LogP contribution is 2.32. The highest BCUT2D eigenvalue weighted by Gasteiger charge is 2.30. The molecule has 0 bridgehead atoms. The second-order valence-corrected chi connectivity index (χ2v) is 5.05. The maximum absolute atomic E-state index is 12.6. The van der Waals surface area contributed by atoms with Crippen molar-refractivity contribution in [3.05, 3.63) is 29.3 Å². The highest BCUT2D eigenvalue weighted by atomic mass is 19.4. The molecule has 2 rings (SSSR count). The minimum Gasteiger partial charge on any atom is -0.384 e. The normalized spacial score (nSPS) is 15.0. The Morgan fingerprint density at radius 3 is 2.65 bits per heavy atom. The summed E-state index contributed by atoms with van der Waals surface area (Å²) in [4.78, 5) is 11.5. The van der Waals surface area contributed by atoms with Crippen molar-refractivity contribution < 1.29 is 18.0 Å². The first kappa shape index (κ1) is 14.7. The number of anilines is 1. The summed E-state index contributed by atoms with van der Waals surface area (Å²) in [5.74, 6) is -0.0652. The Balaban J connectivity index is 1.89. The maximum Gasteiger partial charge on any atom is 0.416 e. The van der Waals surface area contributed by atoms with Crippen LogP contribution in [-0.2, 0) is 11.0 Å². The maximum atomic E-state index is 12.6. The first-order valence-corrected chi connectivity index (χ1v) is 6.57. The third kappa shape index (κ3) is 4.15. The van der Waals surface area contributed by atoms with E-state index < -0.39 is 11.7 Å². The Labute approximate surface area is 115 Å². The Hall–Kier alpha value is -1.72. The van der Waals surface area contributed by atoms with Crippen LogP contribution in [0.1, 0.15) is 30.4 Å². The topological polar surface area (TPSA) is 41.1 Å². The van der Waals surface area contributed by atoms with Gasteiger partial charge in [0.05, 0.1) is 5.56 Å². The SMILES string of the molecule is Cc1ccc(C(F)(F)F)cc1NCCC(=O)NC1CC1. The van der Waals surface area contributed by atoms with Crippen LogP contribution in [0.25, 0.3) is 0 Å². The molecule has 1 aliphatic carbocycles. The average Bonchev–Trinajstić information content (AvgIpc) is 3.14. The summed E-state index contributed by atoms with van der Waals surface area (Å²) in [6.45, 7) is 2.05. The number of amides is 1. The summed E-state index contributed by atoms with van der Waals surface area (Å²) in [7, 11) is 0. The van der Waals surface area contributed by atoms with E-state index in [9.17, 15) is 18.0 Å². The molecule has 3 nitrogen and oxygen atoms in total. The van der Waals surface area contributed by atoms with E-state index in [-0.39, 0.29) is 12.3 Å². The number of nitrogens with one attached hydrogen (secondary N) is 2. The van der Waals surface area contributed by atoms with Gasteiger partial charge >= 0.3 is 6.18 Å². The van der Waals surface area contributed by atoms with Gasteiger partial charge in [0.25, 0.3) is 0 Å². The third-order valence-electron chi connectivity index (χ3n) is 3.17. The quantitative estimate of drug-likeness (QED) is 0.873. The van der Waals surface area contributed by atoms with Crippen LogP contribution in [-0.4, -0.2) is 18.5 Å². The van der Waals surface area contributed by atoms with Gasteiger partial charge in [-0.1, -0.05) is 6.07 Å². The smallest absolute Gasteiger partial charge is 0.384 e. The molecule has 1 aromatic rings. The van der Waals surface area contributed by atoms with E-state index in [0.717, 1.165) is 30.5 Å². The van der Waals surface area contributed by atoms with Gasteiger partial charge in [-0.15, -0.1) is 0 Å². The number of carbonyl (C=O) groups is 1. The molecule has 0 heterocycles. The van der Waals surface area contributed by atoms with Crippen LogP contribution in [0.4, 0.5) is 18.9 Å². The van der Waals surface area contributed by atoms with Crippen LogP contribution in [0, 0.1) is 6.92 Å². The van der Waals surface area contributed by atoms with Gasteiger partial charge in [0.15, 0.2) is 0 Å². The molecule has 0 unspecified atom stereocenters. The van der Waals surface area contributed by atoms with Gasteiger partial charge in [-0.25, -0.2) is 0 Å². The fourth-order valence-corrected chi connectivity index (χ4v) is 1.83. The van der Waals surface area contributed by atoms with Gasteiger partial charge in [0.2, 0.25) is 5.91 Å². The van der Waals surface area contributed by atoms with Crippen molar-refractivity contribution in [3.8, 4) is 0 Å². The fraction of sp³-hybridized carbons (Fsp3) is 0.500. The number of halogens is 3. The summed E-state index contributed by atoms with van der Waals surface area (Å²) in [5, 5.41) is 5.72. The number of carbonyl (C=O) groups excluding carboxylic acids is 1. The van der Waals surface area contributed by atoms with Gasteiger partial charge in [0, 0.05) is 24.7 Å². The largest absolute Gasteiger partial charge is 0.416 e. The number of hydrogen-bond donors (Lipinski definition) is 2. The minimum atomic E-state index is -4.35. The van der Waals surface area contributed by atoms with Gasteiger partial charge in [-0.2, -0.15) is 13.2 Å². The molecular weight excluding hydrogens is 269 g/mol. The second-order valence-electron chi connectivity index (χ2n) is 5.05. The van der Waals surface area contributed by atoms with Crippen LogP contribution in [0.3, 0.4) is 0 Å². The van der Waals surface area contributed by atoms with E-state index in [1.807, 2.05) is 0 Å². The van der Waals surface area contributed by atoms with Crippen molar-refractivity contribution in [2.45, 2.75) is 38.4 Å². The van der Waals surface area contributed by atoms with Crippen molar-refractivity contribution in [1.82, 2.24) is 5.32 Å². The molecule has 0 aromatic heterocycles. The lowest BCUT2D eigenvalue weighted by molar-refractivity contribution is -0.137. The van der Waals surface area contributed by atoms with Crippen molar-refractivity contribution in [3.63, 3.8) is 0 Å². The molecular formula is C14H17F3N2O. The second kappa shape index (κ2) is 5.73. The van der Waals surface area contributed by atoms with E-state index in [1.165, 1.54) is 6.07 Å². The lowest BCUT2D eigenvalue weighted by Crippen LogP contribution is -2.27. The zero-order valence-electron chi connectivity index (χ0n) is 11.2. The third-order valence-corrected chi connectivity index (χ3v) is 3.17. The molecule has 0 saturated heterocycles. The van der Waals surface area contributed by atoms with Gasteiger partial charge in [-0.05, 0) is 37.5 Å². The number of aryl methyl sites for hydroxylation is 1. The highest BCUT2D eigenvalue weighted by molar-refractivity contribution is 5.77. The lowest BCUT2D eigenvalue weighted by Gasteiger charge is -2.13. The minimum absolute atomic E-state index is 0.0652. The van der Waals surface area contributed by atoms with Crippen molar-refractivity contribution in [1.29, 1.82) is 0 Å². The van der Waals surface area contributed by atoms with Gasteiger partial charge < -0.3 is 10.6 Å². The molecule has 1 aliphatic rings. The number of alkyl halides is 3. The van der Waals surface area contributed by atoms with Crippen LogP contribution >= 0.6 is 0 Å². The standard InChI is InChI=1S/C14H17F3N2O/c1-9-2-3-10(14(15,16)17)8-12(9)18-7-6-13(20)19-11-4-5-11/h2-3,8,11,18H,4-7H2,1H3,(H,19,20). The average molecular weight is 286 g/mol. The Morgan fingerprint density at radius 2 is 2.05 bits per heavy atom. The van der Waals surface area contributed by atoms with Crippen molar-refractivity contribution in [2.24, 2.45) is 0 Å². The van der Waals surface area contributed by atoms with Crippen LogP contribution in [0.15, 0.2) is 18.2 Å². The molecule has 20 heavy (non-hydrogen) atoms. The van der Waals surface area contributed by atoms with Crippen LogP contribution in [0.5, 0.6) is 0 Å². The van der Waals surface area contributed by atoms with E-state index in [2.05, 4.69) is 10.6 Å². The summed E-state index contributed by atoms with van der Waals surface area (Å²) in [6.07, 6.45) is -2.06. The van der Waals surface area contributed by atoms with E-state index >= 15 is 0 Å². The monoisotopic (exact) mass is 286 g/mol. The molecule has 110 valence electrons. The molecule has 0 spiro atoms. The van der Waals surface area contributed by atoms with Crippen molar-refractivity contribution >= 4 is 11.6 Å². The predicted molar refractivity (Wildman–Crippen MR) is 70.5 cm³/mol. The number of benzene rings is 1. The molecule has 0 aliphatic heterocycles. The zero-order chi connectivity index (χ0) is 14.8. The number of rotatable bonds is 5. The summed E-state index contributed by atoms with van der Waals surface area (Å²) >= 11 is 0. The molecule has 1 amide bonds. The Bertz CT molecular complexity index is 496. The van der Waals surface area contributed by atoms with Crippen molar-refractivity contribution in [2.75, 3.05) is 11.9 Å².